The zero-order valence-electron chi connectivity index (χ0n) is 13.3. The van der Waals surface area contributed by atoms with Crippen LogP contribution in [0.15, 0.2) is 14.9 Å². The molecule has 1 amide bonds. The molecule has 1 saturated heterocycles. The number of carbonyl (C=O) groups is 3. The van der Waals surface area contributed by atoms with Crippen molar-refractivity contribution in [2.75, 3.05) is 5.75 Å². The molecule has 2 aliphatic heterocycles. The molecule has 0 radical (unpaired) electrons. The number of carbonyl (C=O) groups excluding carboxylic acids is 1. The molecule has 1 fully saturated rings. The minimum absolute atomic E-state index is 0.0262. The lowest BCUT2D eigenvalue weighted by Crippen LogP contribution is -2.68. The molecule has 0 saturated carbocycles. The van der Waals surface area contributed by atoms with Gasteiger partial charge in [0.25, 0.3) is 0 Å². The van der Waals surface area contributed by atoms with E-state index in [0.717, 1.165) is 5.01 Å². The number of aliphatic carboxylic acids is 2. The van der Waals surface area contributed by atoms with Crippen molar-refractivity contribution in [3.63, 3.8) is 0 Å². The molecule has 3 heterocycles. The fraction of sp³-hybridized carbons (Fsp3) is 0.417. The number of carboxylic acids is 2. The standard InChI is InChI=1S/C10H10N4O3S3.C2HF3O2/c1-3-12-13-10(19-3)20-4-2-18-8-5(11)7(15)14(8)6(4)9(16)17;3-2(4,5)1(6)7/h5,8H,2,11H2,1H3,(H,16,17);(H,6,7)/t5-,8+;/m1./s1. The van der Waals surface area contributed by atoms with Crippen molar-refractivity contribution in [1.82, 2.24) is 15.1 Å². The summed E-state index contributed by atoms with van der Waals surface area (Å²) in [7, 11) is 0. The maximum atomic E-state index is 11.8. The Morgan fingerprint density at radius 3 is 2.37 bits per heavy atom. The van der Waals surface area contributed by atoms with Gasteiger partial charge in [0.15, 0.2) is 4.34 Å². The second-order valence-corrected chi connectivity index (χ2v) is 8.63. The fourth-order valence-corrected chi connectivity index (χ4v) is 5.39. The summed E-state index contributed by atoms with van der Waals surface area (Å²) in [6.45, 7) is 1.83. The zero-order chi connectivity index (χ0) is 20.5. The maximum absolute atomic E-state index is 11.8. The highest BCUT2D eigenvalue weighted by atomic mass is 32.2. The summed E-state index contributed by atoms with van der Waals surface area (Å²) in [6, 6.07) is -0.607. The van der Waals surface area contributed by atoms with Gasteiger partial charge in [0.1, 0.15) is 22.1 Å². The summed E-state index contributed by atoms with van der Waals surface area (Å²) in [5.74, 6) is -3.70. The van der Waals surface area contributed by atoms with Gasteiger partial charge in [0.05, 0.1) is 0 Å². The number of halogens is 3. The van der Waals surface area contributed by atoms with Crippen molar-refractivity contribution in [3.05, 3.63) is 15.6 Å². The number of aromatic nitrogens is 2. The van der Waals surface area contributed by atoms with Crippen LogP contribution in [0.3, 0.4) is 0 Å². The van der Waals surface area contributed by atoms with Crippen molar-refractivity contribution < 1.29 is 37.8 Å². The molecule has 1 aromatic rings. The highest BCUT2D eigenvalue weighted by molar-refractivity contribution is 8.07. The van der Waals surface area contributed by atoms with Gasteiger partial charge < -0.3 is 15.9 Å². The van der Waals surface area contributed by atoms with Gasteiger partial charge in [-0.15, -0.1) is 22.0 Å². The third kappa shape index (κ3) is 4.72. The van der Waals surface area contributed by atoms with E-state index in [1.54, 1.807) is 0 Å². The molecule has 9 nitrogen and oxygen atoms in total. The predicted octanol–water partition coefficient (Wildman–Crippen LogP) is 1.11. The second kappa shape index (κ2) is 8.04. The number of fused-ring (bicyclic) bond motifs is 1. The Labute approximate surface area is 161 Å². The number of hydrogen-bond acceptors (Lipinski definition) is 9. The number of hydrogen-bond donors (Lipinski definition) is 3. The largest absolute Gasteiger partial charge is 0.490 e. The fourth-order valence-electron chi connectivity index (χ4n) is 1.99. The first-order valence-corrected chi connectivity index (χ1v) is 9.56. The number of nitrogens with two attached hydrogens (primary N) is 1. The Morgan fingerprint density at radius 2 is 1.93 bits per heavy atom. The first-order chi connectivity index (χ1) is 12.4. The van der Waals surface area contributed by atoms with E-state index in [4.69, 9.17) is 15.6 Å². The summed E-state index contributed by atoms with van der Waals surface area (Å²) in [4.78, 5) is 34.0. The molecule has 148 valence electrons. The number of aryl methyl sites for hydroxylation is 1. The highest BCUT2D eigenvalue weighted by Gasteiger charge is 2.52. The van der Waals surface area contributed by atoms with Crippen molar-refractivity contribution in [2.24, 2.45) is 5.73 Å². The first-order valence-electron chi connectivity index (χ1n) is 6.88. The SMILES string of the molecule is Cc1nnc(SC2=C(C(=O)O)N3C(=O)[C@@H](N)[C@@H]3SC2)s1.O=C(O)C(F)(F)F. The Morgan fingerprint density at radius 1 is 1.33 bits per heavy atom. The minimum Gasteiger partial charge on any atom is -0.477 e. The van der Waals surface area contributed by atoms with E-state index in [2.05, 4.69) is 10.2 Å². The lowest BCUT2D eigenvalue weighted by Gasteiger charge is -2.47. The normalized spacial score (nSPS) is 21.8. The van der Waals surface area contributed by atoms with E-state index in [1.165, 1.54) is 39.8 Å². The van der Waals surface area contributed by atoms with Gasteiger partial charge in [-0.1, -0.05) is 23.1 Å². The van der Waals surface area contributed by atoms with Gasteiger partial charge in [-0.2, -0.15) is 13.2 Å². The molecular formula is C12H11F3N4O5S3. The maximum Gasteiger partial charge on any atom is 0.490 e. The second-order valence-electron chi connectivity index (χ2n) is 5.00. The van der Waals surface area contributed by atoms with Gasteiger partial charge in [-0.25, -0.2) is 9.59 Å². The molecule has 0 unspecified atom stereocenters. The van der Waals surface area contributed by atoms with Crippen LogP contribution in [0.25, 0.3) is 0 Å². The van der Waals surface area contributed by atoms with Crippen molar-refractivity contribution in [2.45, 2.75) is 28.9 Å². The van der Waals surface area contributed by atoms with Gasteiger partial charge in [-0.05, 0) is 6.92 Å². The summed E-state index contributed by atoms with van der Waals surface area (Å²) < 4.78 is 32.4. The molecular weight excluding hydrogens is 433 g/mol. The predicted molar refractivity (Wildman–Crippen MR) is 89.9 cm³/mol. The van der Waals surface area contributed by atoms with Gasteiger partial charge in [0, 0.05) is 10.7 Å². The lowest BCUT2D eigenvalue weighted by molar-refractivity contribution is -0.192. The number of nitrogens with zero attached hydrogens (tertiary/aromatic N) is 3. The van der Waals surface area contributed by atoms with Crippen molar-refractivity contribution >= 4 is 52.7 Å². The molecule has 0 aromatic carbocycles. The number of thioether (sulfide) groups is 2. The summed E-state index contributed by atoms with van der Waals surface area (Å²) in [6.07, 6.45) is -5.08. The molecule has 4 N–H and O–H groups in total. The van der Waals surface area contributed by atoms with E-state index in [1.807, 2.05) is 6.92 Å². The molecule has 3 rings (SSSR count). The molecule has 27 heavy (non-hydrogen) atoms. The number of alkyl halides is 3. The summed E-state index contributed by atoms with van der Waals surface area (Å²) >= 11 is 4.12. The Kier molecular flexibility index (Phi) is 6.39. The molecule has 0 bridgehead atoms. The molecule has 0 spiro atoms. The highest BCUT2D eigenvalue weighted by Crippen LogP contribution is 2.44. The van der Waals surface area contributed by atoms with Crippen LogP contribution in [0.4, 0.5) is 13.2 Å². The van der Waals surface area contributed by atoms with Crippen LogP contribution in [0.1, 0.15) is 5.01 Å². The third-order valence-electron chi connectivity index (χ3n) is 3.14. The number of β-lactam (4-membered cyclic amide) rings is 1. The molecule has 15 heteroatoms. The molecule has 0 aliphatic carbocycles. The molecule has 2 aliphatic rings. The Balaban J connectivity index is 0.000000321. The van der Waals surface area contributed by atoms with Crippen LogP contribution < -0.4 is 5.73 Å². The van der Waals surface area contributed by atoms with Crippen LogP contribution in [-0.4, -0.2) is 66.5 Å². The van der Waals surface area contributed by atoms with E-state index in [0.29, 0.717) is 15.0 Å². The van der Waals surface area contributed by atoms with E-state index in [-0.39, 0.29) is 17.0 Å². The minimum atomic E-state index is -5.08. The smallest absolute Gasteiger partial charge is 0.477 e. The van der Waals surface area contributed by atoms with E-state index < -0.39 is 24.2 Å². The molecule has 2 atom stereocenters. The Bertz CT molecular complexity index is 812. The first kappa shape index (κ1) is 21.5. The van der Waals surface area contributed by atoms with Gasteiger partial charge in [-0.3, -0.25) is 9.69 Å². The van der Waals surface area contributed by atoms with Gasteiger partial charge in [0.2, 0.25) is 5.91 Å². The lowest BCUT2D eigenvalue weighted by atomic mass is 10.1. The van der Waals surface area contributed by atoms with Crippen LogP contribution in [-0.2, 0) is 14.4 Å². The summed E-state index contributed by atoms with van der Waals surface area (Å²) in [5, 5.41) is 24.9. The third-order valence-corrected chi connectivity index (χ3v) is 6.59. The number of carboxylic acid groups (broad SMARTS) is 2. The van der Waals surface area contributed by atoms with Crippen LogP contribution >= 0.6 is 34.9 Å². The van der Waals surface area contributed by atoms with Crippen LogP contribution in [0, 0.1) is 6.92 Å². The molecule has 1 aromatic heterocycles. The van der Waals surface area contributed by atoms with Crippen molar-refractivity contribution in [1.29, 1.82) is 0 Å². The van der Waals surface area contributed by atoms with E-state index in [9.17, 15) is 27.9 Å². The van der Waals surface area contributed by atoms with Crippen molar-refractivity contribution in [3.8, 4) is 0 Å². The summed E-state index contributed by atoms with van der Waals surface area (Å²) in [5.41, 5.74) is 5.71. The number of rotatable bonds is 3. The zero-order valence-corrected chi connectivity index (χ0v) is 15.7. The number of amides is 1. The quantitative estimate of drug-likeness (QED) is 0.579. The van der Waals surface area contributed by atoms with E-state index >= 15 is 0 Å². The van der Waals surface area contributed by atoms with Gasteiger partial charge >= 0.3 is 18.1 Å². The topological polar surface area (TPSA) is 147 Å². The average molecular weight is 444 g/mol. The average Bonchev–Trinajstić information content (AvgIpc) is 2.98. The Hall–Kier alpha value is -1.84. The van der Waals surface area contributed by atoms with Crippen LogP contribution in [0.2, 0.25) is 0 Å². The monoisotopic (exact) mass is 444 g/mol. The van der Waals surface area contributed by atoms with Crippen LogP contribution in [0.5, 0.6) is 0 Å².